The normalized spacial score (nSPS) is 12.4. The molecule has 0 aliphatic rings. The van der Waals surface area contributed by atoms with E-state index in [9.17, 15) is 0 Å². The van der Waals surface area contributed by atoms with Crippen LogP contribution in [0.4, 0.5) is 0 Å². The number of hydrogen-bond donors (Lipinski definition) is 2. The number of aliphatic hydroxyl groups is 1. The minimum atomic E-state index is 0.267. The van der Waals surface area contributed by atoms with Crippen molar-refractivity contribution in [2.24, 2.45) is 13.0 Å². The Morgan fingerprint density at radius 2 is 2.28 bits per heavy atom. The highest BCUT2D eigenvalue weighted by Crippen LogP contribution is 2.13. The number of aliphatic hydroxyl groups excluding tert-OH is 1. The van der Waals surface area contributed by atoms with Crippen LogP contribution in [0.15, 0.2) is 6.07 Å². The molecule has 0 amide bonds. The molecule has 0 aliphatic carbocycles. The Morgan fingerprint density at radius 3 is 2.83 bits per heavy atom. The zero-order valence-electron chi connectivity index (χ0n) is 11.5. The Bertz CT molecular complexity index is 417. The van der Waals surface area contributed by atoms with Gasteiger partial charge in [0.25, 0.3) is 0 Å². The van der Waals surface area contributed by atoms with Crippen molar-refractivity contribution in [2.45, 2.75) is 33.2 Å². The van der Waals surface area contributed by atoms with Gasteiger partial charge in [-0.25, -0.2) is 0 Å². The molecule has 0 fully saturated rings. The topological polar surface area (TPSA) is 61.0 Å². The molecule has 1 atom stereocenters. The van der Waals surface area contributed by atoms with E-state index in [4.69, 9.17) is 10.4 Å². The molecule has 0 radical (unpaired) electrons. The van der Waals surface area contributed by atoms with Crippen LogP contribution in [-0.2, 0) is 13.6 Å². The molecule has 1 unspecified atom stereocenters. The fourth-order valence-corrected chi connectivity index (χ4v) is 1.94. The van der Waals surface area contributed by atoms with Gasteiger partial charge in [0.1, 0.15) is 11.8 Å². The molecule has 1 aromatic rings. The van der Waals surface area contributed by atoms with E-state index in [0.717, 1.165) is 31.6 Å². The van der Waals surface area contributed by atoms with Crippen LogP contribution in [0.1, 0.15) is 36.7 Å². The summed E-state index contributed by atoms with van der Waals surface area (Å²) < 4.78 is 1.92. The molecule has 0 aromatic carbocycles. The smallest absolute Gasteiger partial charge is 0.120 e. The summed E-state index contributed by atoms with van der Waals surface area (Å²) in [4.78, 5) is 0. The van der Waals surface area contributed by atoms with Crippen LogP contribution in [0, 0.1) is 24.2 Å². The summed E-state index contributed by atoms with van der Waals surface area (Å²) in [6.07, 6.45) is 2.11. The van der Waals surface area contributed by atoms with Gasteiger partial charge in [0.2, 0.25) is 0 Å². The van der Waals surface area contributed by atoms with E-state index in [-0.39, 0.29) is 6.61 Å². The first-order valence-corrected chi connectivity index (χ1v) is 6.47. The maximum atomic E-state index is 8.94. The van der Waals surface area contributed by atoms with Crippen LogP contribution in [0.2, 0.25) is 0 Å². The molecule has 0 aliphatic heterocycles. The number of hydrogen-bond acceptors (Lipinski definition) is 3. The van der Waals surface area contributed by atoms with Crippen molar-refractivity contribution in [1.29, 1.82) is 5.26 Å². The minimum absolute atomic E-state index is 0.267. The lowest BCUT2D eigenvalue weighted by atomic mass is 10.1. The lowest BCUT2D eigenvalue weighted by molar-refractivity contribution is 0.228. The van der Waals surface area contributed by atoms with Crippen molar-refractivity contribution in [1.82, 2.24) is 9.88 Å². The van der Waals surface area contributed by atoms with Crippen LogP contribution >= 0.6 is 0 Å². The van der Waals surface area contributed by atoms with Gasteiger partial charge >= 0.3 is 0 Å². The van der Waals surface area contributed by atoms with E-state index in [1.54, 1.807) is 0 Å². The molecular formula is C14H23N3O. The van der Waals surface area contributed by atoms with E-state index in [2.05, 4.69) is 18.3 Å². The number of nitrogens with one attached hydrogen (secondary N) is 1. The van der Waals surface area contributed by atoms with Crippen LogP contribution < -0.4 is 5.32 Å². The Hall–Kier alpha value is -1.31. The maximum absolute atomic E-state index is 8.94. The quantitative estimate of drug-likeness (QED) is 0.723. The fourth-order valence-electron chi connectivity index (χ4n) is 1.94. The van der Waals surface area contributed by atoms with Crippen molar-refractivity contribution in [2.75, 3.05) is 13.2 Å². The summed E-state index contributed by atoms with van der Waals surface area (Å²) in [5, 5.41) is 21.2. The molecule has 2 N–H and O–H groups in total. The number of nitrogens with zero attached hydrogens (tertiary/aromatic N) is 2. The van der Waals surface area contributed by atoms with Crippen molar-refractivity contribution < 1.29 is 5.11 Å². The highest BCUT2D eigenvalue weighted by atomic mass is 16.3. The third-order valence-electron chi connectivity index (χ3n) is 3.43. The molecular weight excluding hydrogens is 226 g/mol. The van der Waals surface area contributed by atoms with E-state index in [1.165, 1.54) is 5.56 Å². The van der Waals surface area contributed by atoms with Crippen LogP contribution in [0.3, 0.4) is 0 Å². The number of aromatic nitrogens is 1. The summed E-state index contributed by atoms with van der Waals surface area (Å²) >= 11 is 0. The Morgan fingerprint density at radius 1 is 1.56 bits per heavy atom. The van der Waals surface area contributed by atoms with Crippen LogP contribution in [0.5, 0.6) is 0 Å². The minimum Gasteiger partial charge on any atom is -0.396 e. The van der Waals surface area contributed by atoms with Crippen LogP contribution in [-0.4, -0.2) is 22.8 Å². The van der Waals surface area contributed by atoms with Crippen molar-refractivity contribution in [3.63, 3.8) is 0 Å². The molecule has 0 spiro atoms. The standard InChI is InChI=1S/C14H23N3O/c1-11(10-18)5-4-6-16-9-13-7-14(8-15)17(3)12(13)2/h7,11,16,18H,4-6,9-10H2,1-3H3. The lowest BCUT2D eigenvalue weighted by Gasteiger charge is -2.08. The first-order chi connectivity index (χ1) is 8.60. The van der Waals surface area contributed by atoms with Crippen molar-refractivity contribution in [3.05, 3.63) is 23.0 Å². The van der Waals surface area contributed by atoms with Gasteiger partial charge in [-0.2, -0.15) is 5.26 Å². The molecule has 1 aromatic heterocycles. The molecule has 0 bridgehead atoms. The predicted molar refractivity (Wildman–Crippen MR) is 72.1 cm³/mol. The molecule has 4 heteroatoms. The second-order valence-electron chi connectivity index (χ2n) is 4.92. The van der Waals surface area contributed by atoms with Crippen LogP contribution in [0.25, 0.3) is 0 Å². The Labute approximate surface area is 109 Å². The summed E-state index contributed by atoms with van der Waals surface area (Å²) in [5.41, 5.74) is 3.03. The first kappa shape index (κ1) is 14.7. The molecule has 100 valence electrons. The van der Waals surface area contributed by atoms with E-state index < -0.39 is 0 Å². The third-order valence-corrected chi connectivity index (χ3v) is 3.43. The average Bonchev–Trinajstić information content (AvgIpc) is 2.65. The average molecular weight is 249 g/mol. The second-order valence-corrected chi connectivity index (χ2v) is 4.92. The van der Waals surface area contributed by atoms with Gasteiger partial charge in [-0.3, -0.25) is 0 Å². The lowest BCUT2D eigenvalue weighted by Crippen LogP contribution is -2.16. The maximum Gasteiger partial charge on any atom is 0.120 e. The summed E-state index contributed by atoms with van der Waals surface area (Å²) in [5.74, 6) is 0.385. The van der Waals surface area contributed by atoms with Gasteiger partial charge < -0.3 is 15.0 Å². The second kappa shape index (κ2) is 7.20. The van der Waals surface area contributed by atoms with Gasteiger partial charge in [-0.05, 0) is 43.9 Å². The number of nitriles is 1. The Balaban J connectivity index is 2.34. The summed E-state index contributed by atoms with van der Waals surface area (Å²) in [6, 6.07) is 4.13. The molecule has 0 saturated heterocycles. The first-order valence-electron chi connectivity index (χ1n) is 6.47. The monoisotopic (exact) mass is 249 g/mol. The SMILES string of the molecule is Cc1c(CNCCCC(C)CO)cc(C#N)n1C. The highest BCUT2D eigenvalue weighted by Gasteiger charge is 2.07. The molecule has 0 saturated carbocycles. The van der Waals surface area contributed by atoms with E-state index in [0.29, 0.717) is 11.6 Å². The fraction of sp³-hybridized carbons (Fsp3) is 0.643. The summed E-state index contributed by atoms with van der Waals surface area (Å²) in [6.45, 7) is 6.10. The highest BCUT2D eigenvalue weighted by molar-refractivity contribution is 5.33. The third kappa shape index (κ3) is 3.86. The van der Waals surface area contributed by atoms with Gasteiger partial charge in [0.15, 0.2) is 0 Å². The van der Waals surface area contributed by atoms with E-state index in [1.807, 2.05) is 24.6 Å². The number of rotatable bonds is 7. The molecule has 4 nitrogen and oxygen atoms in total. The zero-order chi connectivity index (χ0) is 13.5. The molecule has 1 heterocycles. The predicted octanol–water partition coefficient (Wildman–Crippen LogP) is 1.70. The molecule has 18 heavy (non-hydrogen) atoms. The molecule has 1 rings (SSSR count). The van der Waals surface area contributed by atoms with Crippen molar-refractivity contribution >= 4 is 0 Å². The largest absolute Gasteiger partial charge is 0.396 e. The van der Waals surface area contributed by atoms with Gasteiger partial charge in [-0.1, -0.05) is 6.92 Å². The van der Waals surface area contributed by atoms with Gasteiger partial charge in [0, 0.05) is 25.9 Å². The van der Waals surface area contributed by atoms with E-state index >= 15 is 0 Å². The van der Waals surface area contributed by atoms with Crippen molar-refractivity contribution in [3.8, 4) is 6.07 Å². The van der Waals surface area contributed by atoms with Gasteiger partial charge in [-0.15, -0.1) is 0 Å². The Kier molecular flexibility index (Phi) is 5.90. The zero-order valence-corrected chi connectivity index (χ0v) is 11.5. The summed E-state index contributed by atoms with van der Waals surface area (Å²) in [7, 11) is 1.92. The van der Waals surface area contributed by atoms with Gasteiger partial charge in [0.05, 0.1) is 0 Å².